The molecule has 12 heteroatoms. The number of nitrogens with zero attached hydrogens (tertiary/aromatic N) is 10. The first-order chi connectivity index (χ1) is 29.7. The average molecular weight is 777 g/mol. The maximum Gasteiger partial charge on any atom is 0.166 e. The topological polar surface area (TPSA) is 125 Å². The maximum atomic E-state index is 9.64. The normalized spacial score (nSPS) is 12.9. The summed E-state index contributed by atoms with van der Waals surface area (Å²) in [6, 6.07) is 58.5. The van der Waals surface area contributed by atoms with E-state index in [1.165, 1.54) is 0 Å². The summed E-state index contributed by atoms with van der Waals surface area (Å²) in [6.07, 6.45) is 1.77. The minimum atomic E-state index is 0.191. The molecule has 11 aromatic rings. The van der Waals surface area contributed by atoms with Crippen molar-refractivity contribution in [1.29, 1.82) is 5.41 Å². The van der Waals surface area contributed by atoms with Crippen molar-refractivity contribution in [2.45, 2.75) is 0 Å². The number of hydrogen-bond donors (Lipinski definition) is 2. The minimum Gasteiger partial charge on any atom is -0.325 e. The molecule has 5 aromatic heterocycles. The lowest BCUT2D eigenvalue weighted by Crippen LogP contribution is -2.22. The predicted molar refractivity (Wildman–Crippen MR) is 235 cm³/mol. The van der Waals surface area contributed by atoms with Gasteiger partial charge in [-0.2, -0.15) is 19.6 Å². The van der Waals surface area contributed by atoms with Gasteiger partial charge in [0.1, 0.15) is 28.7 Å². The Bertz CT molecular complexity index is 3470. The second-order valence-electron chi connectivity index (χ2n) is 14.5. The van der Waals surface area contributed by atoms with E-state index < -0.39 is 0 Å². The number of imidazole rings is 3. The lowest BCUT2D eigenvalue weighted by Gasteiger charge is -2.20. The van der Waals surface area contributed by atoms with Gasteiger partial charge in [-0.15, -0.1) is 0 Å². The van der Waals surface area contributed by atoms with Crippen LogP contribution in [-0.4, -0.2) is 53.9 Å². The molecule has 6 heterocycles. The largest absolute Gasteiger partial charge is 0.325 e. The van der Waals surface area contributed by atoms with E-state index in [1.54, 1.807) is 10.8 Å². The molecule has 0 atom stereocenters. The number of anilines is 1. The molecule has 12 nitrogen and oxygen atoms in total. The van der Waals surface area contributed by atoms with Gasteiger partial charge in [-0.1, -0.05) is 91.0 Å². The third kappa shape index (κ3) is 5.24. The number of fused-ring (bicyclic) bond motifs is 6. The Hall–Kier alpha value is -8.64. The number of para-hydroxylation sites is 9. The minimum absolute atomic E-state index is 0.191. The van der Waals surface area contributed by atoms with E-state index in [1.807, 2.05) is 149 Å². The Labute approximate surface area is 342 Å². The standard InChI is InChI=1S/C48H32N12/c49-34(46-50-35-22-10-13-25-40(35)56(46)31-16-4-1-5-17-31)28-43-53-44-29-38(47-51-36-23-11-14-26-41(36)57(47)32-18-6-2-7-19-32)54-60(44)45-30-39(55-59(43)45)48-52-37-24-12-15-27-42(37)58(48)33-20-8-3-9-21-33/h1-30,49,53H/b43-28+,49-34?. The zero-order chi connectivity index (χ0) is 39.7. The number of hydrogen-bond acceptors (Lipinski definition) is 7. The van der Waals surface area contributed by atoms with Crippen LogP contribution in [0.3, 0.4) is 0 Å². The number of aromatic nitrogens is 10. The quantitative estimate of drug-likeness (QED) is 0.155. The van der Waals surface area contributed by atoms with Crippen LogP contribution < -0.4 is 5.32 Å². The molecule has 0 aliphatic carbocycles. The highest BCUT2D eigenvalue weighted by Gasteiger charge is 2.29. The molecule has 0 spiro atoms. The van der Waals surface area contributed by atoms with Gasteiger partial charge in [-0.3, -0.25) is 19.1 Å². The fraction of sp³-hybridized carbons (Fsp3) is 0. The molecule has 0 radical (unpaired) electrons. The summed E-state index contributed by atoms with van der Waals surface area (Å²) in [6.45, 7) is 0. The van der Waals surface area contributed by atoms with Crippen LogP contribution in [0.25, 0.3) is 84.8 Å². The van der Waals surface area contributed by atoms with Crippen molar-refractivity contribution in [3.8, 4) is 45.9 Å². The fourth-order valence-electron chi connectivity index (χ4n) is 8.16. The zero-order valence-electron chi connectivity index (χ0n) is 31.8. The Morgan fingerprint density at radius 2 is 0.900 bits per heavy atom. The molecule has 0 saturated carbocycles. The van der Waals surface area contributed by atoms with Gasteiger partial charge in [0, 0.05) is 35.3 Å². The molecule has 2 N–H and O–H groups in total. The number of allylic oxidation sites excluding steroid dienone is 1. The Morgan fingerprint density at radius 3 is 1.45 bits per heavy atom. The highest BCUT2D eigenvalue weighted by atomic mass is 15.5. The van der Waals surface area contributed by atoms with Gasteiger partial charge >= 0.3 is 0 Å². The van der Waals surface area contributed by atoms with E-state index in [0.29, 0.717) is 46.3 Å². The van der Waals surface area contributed by atoms with E-state index in [2.05, 4.69) is 50.8 Å². The summed E-state index contributed by atoms with van der Waals surface area (Å²) < 4.78 is 9.91. The first kappa shape index (κ1) is 33.5. The molecule has 6 aromatic carbocycles. The number of benzene rings is 6. The first-order valence-corrected chi connectivity index (χ1v) is 19.5. The first-order valence-electron chi connectivity index (χ1n) is 19.5. The third-order valence-corrected chi connectivity index (χ3v) is 10.8. The summed E-state index contributed by atoms with van der Waals surface area (Å²) in [7, 11) is 0. The molecule has 1 aliphatic heterocycles. The van der Waals surface area contributed by atoms with Gasteiger partial charge < -0.3 is 5.32 Å². The van der Waals surface area contributed by atoms with E-state index >= 15 is 0 Å². The lowest BCUT2D eigenvalue weighted by molar-refractivity contribution is 0.756. The van der Waals surface area contributed by atoms with Gasteiger partial charge in [-0.05, 0) is 72.8 Å². The molecular formula is C48H32N12. The SMILES string of the molecule is N=C(/C=C1\Nc2cc(-c3nc4ccccc4n3-c3ccccc3)nn2-c2cc(-c3nc4ccccc4n3-c3ccccc3)nn21)c1nc2ccccc2n1-c1ccccc1. The maximum absolute atomic E-state index is 9.64. The van der Waals surface area contributed by atoms with Crippen LogP contribution in [0.4, 0.5) is 5.82 Å². The molecule has 0 unspecified atom stereocenters. The predicted octanol–water partition coefficient (Wildman–Crippen LogP) is 9.71. The molecule has 284 valence electrons. The average Bonchev–Trinajstić information content (AvgIpc) is 4.14. The van der Waals surface area contributed by atoms with Crippen LogP contribution in [0.2, 0.25) is 0 Å². The van der Waals surface area contributed by atoms with Crippen molar-refractivity contribution in [1.82, 2.24) is 48.2 Å². The van der Waals surface area contributed by atoms with Crippen molar-refractivity contribution in [2.24, 2.45) is 0 Å². The van der Waals surface area contributed by atoms with Crippen LogP contribution in [0.5, 0.6) is 0 Å². The lowest BCUT2D eigenvalue weighted by atomic mass is 10.2. The summed E-state index contributed by atoms with van der Waals surface area (Å²) >= 11 is 0. The van der Waals surface area contributed by atoms with Crippen LogP contribution in [0, 0.1) is 5.41 Å². The second-order valence-corrected chi connectivity index (χ2v) is 14.5. The number of nitrogens with one attached hydrogen (secondary N) is 2. The van der Waals surface area contributed by atoms with Crippen LogP contribution in [0.15, 0.2) is 182 Å². The molecule has 1 aliphatic rings. The Morgan fingerprint density at radius 1 is 0.467 bits per heavy atom. The van der Waals surface area contributed by atoms with Gasteiger partial charge in [0.2, 0.25) is 0 Å². The van der Waals surface area contributed by atoms with Crippen molar-refractivity contribution in [3.05, 3.63) is 188 Å². The van der Waals surface area contributed by atoms with Gasteiger partial charge in [0.15, 0.2) is 23.3 Å². The Kier molecular flexibility index (Phi) is 7.38. The van der Waals surface area contributed by atoms with Crippen LogP contribution in [-0.2, 0) is 0 Å². The molecule has 0 saturated heterocycles. The summed E-state index contributed by atoms with van der Waals surface area (Å²) in [5.74, 6) is 3.75. The van der Waals surface area contributed by atoms with Crippen molar-refractivity contribution in [3.63, 3.8) is 0 Å². The molecule has 60 heavy (non-hydrogen) atoms. The highest BCUT2D eigenvalue weighted by Crippen LogP contribution is 2.37. The second kappa shape index (κ2) is 13.2. The smallest absolute Gasteiger partial charge is 0.166 e. The van der Waals surface area contributed by atoms with Gasteiger partial charge in [0.25, 0.3) is 0 Å². The number of rotatable bonds is 7. The fourth-order valence-corrected chi connectivity index (χ4v) is 8.16. The van der Waals surface area contributed by atoms with E-state index in [0.717, 1.165) is 50.2 Å². The van der Waals surface area contributed by atoms with Crippen molar-refractivity contribution in [2.75, 3.05) is 5.32 Å². The summed E-state index contributed by atoms with van der Waals surface area (Å²) in [4.78, 5) is 15.2. The van der Waals surface area contributed by atoms with Crippen molar-refractivity contribution < 1.29 is 0 Å². The van der Waals surface area contributed by atoms with Crippen LogP contribution >= 0.6 is 0 Å². The molecule has 0 fully saturated rings. The summed E-state index contributed by atoms with van der Waals surface area (Å²) in [5.41, 5.74) is 9.66. The van der Waals surface area contributed by atoms with E-state index in [-0.39, 0.29) is 5.71 Å². The molecular weight excluding hydrogens is 745 g/mol. The Balaban J connectivity index is 1.07. The molecule has 12 rings (SSSR count). The van der Waals surface area contributed by atoms with Gasteiger partial charge in [0.05, 0.1) is 33.1 Å². The zero-order valence-corrected chi connectivity index (χ0v) is 31.8. The van der Waals surface area contributed by atoms with E-state index in [9.17, 15) is 5.41 Å². The monoisotopic (exact) mass is 776 g/mol. The molecule has 0 amide bonds. The van der Waals surface area contributed by atoms with E-state index in [4.69, 9.17) is 25.1 Å². The molecule has 0 bridgehead atoms. The van der Waals surface area contributed by atoms with Crippen molar-refractivity contribution >= 4 is 50.5 Å². The van der Waals surface area contributed by atoms with Crippen LogP contribution in [0.1, 0.15) is 5.82 Å². The highest BCUT2D eigenvalue weighted by molar-refractivity contribution is 6.10. The van der Waals surface area contributed by atoms with Gasteiger partial charge in [-0.25, -0.2) is 15.0 Å². The summed E-state index contributed by atoms with van der Waals surface area (Å²) in [5, 5.41) is 23.7. The third-order valence-electron chi connectivity index (χ3n) is 10.8.